The van der Waals surface area contributed by atoms with Crippen LogP contribution in [0.25, 0.3) is 0 Å². The lowest BCUT2D eigenvalue weighted by molar-refractivity contribution is -0.164. The lowest BCUT2D eigenvalue weighted by atomic mass is 9.73. The summed E-state index contributed by atoms with van der Waals surface area (Å²) in [4.78, 5) is 14.2. The van der Waals surface area contributed by atoms with E-state index in [4.69, 9.17) is 0 Å². The quantitative estimate of drug-likeness (QED) is 0.699. The van der Waals surface area contributed by atoms with Crippen LogP contribution in [0.3, 0.4) is 0 Å². The number of aliphatic hydroxyl groups excluding tert-OH is 1. The maximum absolute atomic E-state index is 12.2. The van der Waals surface area contributed by atoms with Crippen LogP contribution in [0.2, 0.25) is 0 Å². The lowest BCUT2D eigenvalue weighted by Gasteiger charge is -2.43. The minimum absolute atomic E-state index is 0.205. The molecule has 2 atom stereocenters. The molecule has 5 heteroatoms. The van der Waals surface area contributed by atoms with Gasteiger partial charge in [-0.2, -0.15) is 0 Å². The molecule has 2 aromatic rings. The largest absolute Gasteiger partial charge is 0.508 e. The van der Waals surface area contributed by atoms with E-state index in [2.05, 4.69) is 4.90 Å². The number of aryl methyl sites for hydroxylation is 1. The highest BCUT2D eigenvalue weighted by molar-refractivity contribution is 5.76. The zero-order chi connectivity index (χ0) is 19.3. The Morgan fingerprint density at radius 1 is 1.11 bits per heavy atom. The second-order valence-electron chi connectivity index (χ2n) is 7.49. The molecule has 0 spiro atoms. The van der Waals surface area contributed by atoms with E-state index in [1.54, 1.807) is 18.2 Å². The molecule has 0 aromatic heterocycles. The molecule has 1 aliphatic heterocycles. The number of likely N-dealkylation sites (tertiary alicyclic amines) is 1. The summed E-state index contributed by atoms with van der Waals surface area (Å²) < 4.78 is 0. The topological polar surface area (TPSA) is 81.0 Å². The number of phenolic OH excluding ortho intramolecular Hbond substituents is 1. The number of aromatic hydroxyl groups is 1. The minimum atomic E-state index is -1.15. The highest BCUT2D eigenvalue weighted by Gasteiger charge is 2.48. The first-order valence-electron chi connectivity index (χ1n) is 9.45. The van der Waals surface area contributed by atoms with Gasteiger partial charge < -0.3 is 15.3 Å². The van der Waals surface area contributed by atoms with Gasteiger partial charge >= 0.3 is 5.97 Å². The van der Waals surface area contributed by atoms with Gasteiger partial charge in [-0.05, 0) is 48.9 Å². The van der Waals surface area contributed by atoms with Gasteiger partial charge in [0.05, 0.1) is 6.10 Å². The zero-order valence-electron chi connectivity index (χ0n) is 15.4. The SMILES string of the molecule is O=C(O)[C@]1(CCCc2ccccc2)CN(Cc2cccc(O)c2)CC[C@H]1O. The van der Waals surface area contributed by atoms with Crippen molar-refractivity contribution in [2.24, 2.45) is 5.41 Å². The molecule has 0 aliphatic carbocycles. The van der Waals surface area contributed by atoms with Crippen molar-refractivity contribution in [2.45, 2.75) is 38.3 Å². The number of aliphatic carboxylic acids is 1. The van der Waals surface area contributed by atoms with Crippen LogP contribution < -0.4 is 0 Å². The van der Waals surface area contributed by atoms with E-state index in [0.717, 1.165) is 12.0 Å². The fourth-order valence-electron chi connectivity index (χ4n) is 4.03. The smallest absolute Gasteiger partial charge is 0.313 e. The van der Waals surface area contributed by atoms with Gasteiger partial charge in [0.2, 0.25) is 0 Å². The summed E-state index contributed by atoms with van der Waals surface area (Å²) in [6, 6.07) is 17.0. The number of phenols is 1. The first kappa shape index (κ1) is 19.4. The van der Waals surface area contributed by atoms with Gasteiger partial charge in [-0.3, -0.25) is 9.69 Å². The van der Waals surface area contributed by atoms with Crippen molar-refractivity contribution >= 4 is 5.97 Å². The maximum Gasteiger partial charge on any atom is 0.313 e. The van der Waals surface area contributed by atoms with Crippen LogP contribution in [0.15, 0.2) is 54.6 Å². The fourth-order valence-corrected chi connectivity index (χ4v) is 4.03. The Labute approximate surface area is 159 Å². The van der Waals surface area contributed by atoms with Crippen LogP contribution >= 0.6 is 0 Å². The Balaban J connectivity index is 1.68. The minimum Gasteiger partial charge on any atom is -0.508 e. The van der Waals surface area contributed by atoms with Crippen LogP contribution in [0.5, 0.6) is 5.75 Å². The molecule has 0 saturated carbocycles. The molecule has 27 heavy (non-hydrogen) atoms. The number of carboxylic acid groups (broad SMARTS) is 1. The van der Waals surface area contributed by atoms with E-state index in [-0.39, 0.29) is 5.75 Å². The first-order chi connectivity index (χ1) is 13.0. The summed E-state index contributed by atoms with van der Waals surface area (Å²) in [5.74, 6) is -0.722. The molecule has 144 valence electrons. The van der Waals surface area contributed by atoms with Crippen molar-refractivity contribution in [3.63, 3.8) is 0 Å². The molecule has 0 bridgehead atoms. The average Bonchev–Trinajstić information content (AvgIpc) is 2.65. The molecule has 0 radical (unpaired) electrons. The number of nitrogens with zero attached hydrogens (tertiary/aromatic N) is 1. The van der Waals surface area contributed by atoms with E-state index in [1.165, 1.54) is 5.56 Å². The number of piperidine rings is 1. The van der Waals surface area contributed by atoms with Crippen LogP contribution in [0, 0.1) is 5.41 Å². The number of aliphatic hydroxyl groups is 1. The normalized spacial score (nSPS) is 23.2. The van der Waals surface area contributed by atoms with Crippen LogP contribution in [0.1, 0.15) is 30.4 Å². The highest BCUT2D eigenvalue weighted by atomic mass is 16.4. The van der Waals surface area contributed by atoms with E-state index >= 15 is 0 Å². The molecular weight excluding hydrogens is 342 g/mol. The molecule has 1 aliphatic rings. The van der Waals surface area contributed by atoms with Crippen LogP contribution in [-0.2, 0) is 17.8 Å². The Hall–Kier alpha value is -2.37. The van der Waals surface area contributed by atoms with Gasteiger partial charge in [-0.1, -0.05) is 42.5 Å². The van der Waals surface area contributed by atoms with Crippen molar-refractivity contribution < 1.29 is 20.1 Å². The number of hydrogen-bond acceptors (Lipinski definition) is 4. The Morgan fingerprint density at radius 3 is 2.56 bits per heavy atom. The predicted octanol–water partition coefficient (Wildman–Crippen LogP) is 3.05. The zero-order valence-corrected chi connectivity index (χ0v) is 15.4. The summed E-state index contributed by atoms with van der Waals surface area (Å²) in [5, 5.41) is 30.2. The van der Waals surface area contributed by atoms with E-state index in [1.807, 2.05) is 36.4 Å². The summed E-state index contributed by atoms with van der Waals surface area (Å²) in [5.41, 5.74) is 0.971. The molecule has 1 saturated heterocycles. The average molecular weight is 369 g/mol. The van der Waals surface area contributed by atoms with Gasteiger partial charge in [-0.15, -0.1) is 0 Å². The van der Waals surface area contributed by atoms with Crippen molar-refractivity contribution in [1.82, 2.24) is 4.90 Å². The predicted molar refractivity (Wildman–Crippen MR) is 103 cm³/mol. The van der Waals surface area contributed by atoms with E-state index < -0.39 is 17.5 Å². The second-order valence-corrected chi connectivity index (χ2v) is 7.49. The lowest BCUT2D eigenvalue weighted by Crippen LogP contribution is -2.55. The number of hydrogen-bond donors (Lipinski definition) is 3. The molecule has 2 aromatic carbocycles. The molecule has 3 N–H and O–H groups in total. The van der Waals surface area contributed by atoms with Crippen molar-refractivity contribution in [3.05, 3.63) is 65.7 Å². The summed E-state index contributed by atoms with van der Waals surface area (Å²) >= 11 is 0. The van der Waals surface area contributed by atoms with E-state index in [0.29, 0.717) is 38.9 Å². The Bertz CT molecular complexity index is 764. The van der Waals surface area contributed by atoms with Crippen LogP contribution in [-0.4, -0.2) is 45.4 Å². The molecule has 0 amide bonds. The van der Waals surface area contributed by atoms with Gasteiger partial charge in [0, 0.05) is 19.6 Å². The molecule has 1 heterocycles. The number of benzene rings is 2. The first-order valence-corrected chi connectivity index (χ1v) is 9.45. The van der Waals surface area contributed by atoms with Gasteiger partial charge in [0.25, 0.3) is 0 Å². The van der Waals surface area contributed by atoms with Crippen molar-refractivity contribution in [2.75, 3.05) is 13.1 Å². The van der Waals surface area contributed by atoms with Crippen LogP contribution in [0.4, 0.5) is 0 Å². The summed E-state index contributed by atoms with van der Waals surface area (Å²) in [6.07, 6.45) is 1.56. The summed E-state index contributed by atoms with van der Waals surface area (Å²) in [7, 11) is 0. The monoisotopic (exact) mass is 369 g/mol. The summed E-state index contributed by atoms with van der Waals surface area (Å²) in [6.45, 7) is 1.52. The van der Waals surface area contributed by atoms with Gasteiger partial charge in [0.1, 0.15) is 11.2 Å². The molecule has 5 nitrogen and oxygen atoms in total. The third-order valence-electron chi connectivity index (χ3n) is 5.54. The number of rotatable bonds is 7. The number of carbonyl (C=O) groups is 1. The fraction of sp³-hybridized carbons (Fsp3) is 0.409. The molecular formula is C22H27NO4. The van der Waals surface area contributed by atoms with Gasteiger partial charge in [-0.25, -0.2) is 0 Å². The van der Waals surface area contributed by atoms with Crippen molar-refractivity contribution in [3.8, 4) is 5.75 Å². The molecule has 0 unspecified atom stereocenters. The molecule has 1 fully saturated rings. The standard InChI is InChI=1S/C22H27NO4/c24-19-10-4-8-18(14-19)15-23-13-11-20(25)22(16-23,21(26)27)12-5-9-17-6-2-1-3-7-17/h1-4,6-8,10,14,20,24-25H,5,9,11-13,15-16H2,(H,26,27)/t20-,22-/m1/s1. The maximum atomic E-state index is 12.2. The van der Waals surface area contributed by atoms with Crippen molar-refractivity contribution in [1.29, 1.82) is 0 Å². The Morgan fingerprint density at radius 2 is 1.85 bits per heavy atom. The van der Waals surface area contributed by atoms with E-state index in [9.17, 15) is 20.1 Å². The molecule has 3 rings (SSSR count). The third kappa shape index (κ3) is 4.67. The number of carboxylic acids is 1. The Kier molecular flexibility index (Phi) is 6.14. The third-order valence-corrected chi connectivity index (χ3v) is 5.54. The second kappa shape index (κ2) is 8.55. The van der Waals surface area contributed by atoms with Gasteiger partial charge in [0.15, 0.2) is 0 Å². The highest BCUT2D eigenvalue weighted by Crippen LogP contribution is 2.36.